The lowest BCUT2D eigenvalue weighted by molar-refractivity contribution is -0.319. The minimum Gasteiger partial charge on any atom is -0.373 e. The zero-order valence-corrected chi connectivity index (χ0v) is 41.0. The van der Waals surface area contributed by atoms with Crippen molar-refractivity contribution < 1.29 is 28.1 Å². The Kier molecular flexibility index (Phi) is 13.4. The summed E-state index contributed by atoms with van der Waals surface area (Å²) in [6.07, 6.45) is 9.88. The van der Waals surface area contributed by atoms with Crippen LogP contribution >= 0.6 is 0 Å². The quantitative estimate of drug-likeness (QED) is 0.104. The van der Waals surface area contributed by atoms with Gasteiger partial charge in [0.15, 0.2) is 11.4 Å². The Labute approximate surface area is 409 Å². The number of halogens is 1. The van der Waals surface area contributed by atoms with Crippen LogP contribution in [0.1, 0.15) is 91.5 Å². The van der Waals surface area contributed by atoms with Gasteiger partial charge in [-0.25, -0.2) is 14.4 Å². The Morgan fingerprint density at radius 3 is 2.40 bits per heavy atom. The van der Waals surface area contributed by atoms with Crippen molar-refractivity contribution in [1.29, 1.82) is 0 Å². The topological polar surface area (TPSA) is 142 Å². The molecule has 4 fully saturated rings. The molecule has 5 amide bonds. The number of carbonyl (C=O) groups is 4. The predicted molar refractivity (Wildman–Crippen MR) is 269 cm³/mol. The van der Waals surface area contributed by atoms with Crippen molar-refractivity contribution in [3.05, 3.63) is 101 Å². The Morgan fingerprint density at radius 2 is 1.70 bits per heavy atom. The molecule has 16 heteroatoms. The summed E-state index contributed by atoms with van der Waals surface area (Å²) in [5, 5.41) is 6.56. The third kappa shape index (κ3) is 9.36. The normalized spacial score (nSPS) is 22.3. The van der Waals surface area contributed by atoms with Crippen molar-refractivity contribution in [3.63, 3.8) is 0 Å². The monoisotopic (exact) mass is 951 g/mol. The molecule has 0 saturated carbocycles. The standard InChI is InChI=1S/C54H64FN11O4/c1-34-30-62(32-42-26-47-48(28-45(42)55)66(54(70)61(47)5)33-41-11-13-50(67)59-52(41)68)24-25-65(34)31-36-15-20-64(21-16-36)53(69)39-8-6-37(7-9-39)38-17-22-63(23-18-38)35(2)46-27-44-43(14-19-57-51(44)60(46)4)40-10-12-49(56-3)58-29-40/h6-10,12,14,19,26-29,33-36,38,41H,11,13,15-18,20-25,30-32H2,1-5H3,(H-,56,57,58,59,67,68)/p+1/b66-33-/t34-,35-,41?/m0/s1. The average Bonchev–Trinajstić information content (AvgIpc) is 3.83. The number of likely N-dealkylation sites (tertiary alicyclic amines) is 2. The number of rotatable bonds is 11. The maximum Gasteiger partial charge on any atom is 0.503 e. The van der Waals surface area contributed by atoms with Crippen LogP contribution in [0.15, 0.2) is 73.1 Å². The summed E-state index contributed by atoms with van der Waals surface area (Å²) in [6.45, 7) is 11.9. The molecule has 2 N–H and O–H groups in total. The minimum atomic E-state index is -0.652. The molecule has 3 aromatic heterocycles. The lowest BCUT2D eigenvalue weighted by Gasteiger charge is -2.42. The number of urea groups is 1. The molecule has 0 spiro atoms. The fraction of sp³-hybridized carbons (Fsp3) is 0.463. The molecule has 0 aliphatic carbocycles. The fourth-order valence-corrected chi connectivity index (χ4v) is 11.6. The van der Waals surface area contributed by atoms with Gasteiger partial charge in [0, 0.05) is 125 Å². The number of benzene rings is 2. The van der Waals surface area contributed by atoms with Gasteiger partial charge in [-0.15, -0.1) is 0 Å². The lowest BCUT2D eigenvalue weighted by atomic mass is 9.88. The van der Waals surface area contributed by atoms with E-state index < -0.39 is 17.6 Å². The van der Waals surface area contributed by atoms with Crippen LogP contribution in [0, 0.1) is 17.7 Å². The van der Waals surface area contributed by atoms with Crippen LogP contribution in [0.4, 0.5) is 26.4 Å². The van der Waals surface area contributed by atoms with Crippen molar-refractivity contribution in [2.45, 2.75) is 76.9 Å². The van der Waals surface area contributed by atoms with E-state index in [9.17, 15) is 19.2 Å². The molecule has 15 nitrogen and oxygen atoms in total. The van der Waals surface area contributed by atoms with Crippen LogP contribution in [0.25, 0.3) is 22.2 Å². The van der Waals surface area contributed by atoms with Crippen LogP contribution in [0.5, 0.6) is 0 Å². The molecule has 1 unspecified atom stereocenters. The van der Waals surface area contributed by atoms with Gasteiger partial charge in [0.2, 0.25) is 11.8 Å². The van der Waals surface area contributed by atoms with Gasteiger partial charge in [-0.2, -0.15) is 14.3 Å². The first-order valence-corrected chi connectivity index (χ1v) is 25.1. The number of nitrogens with one attached hydrogen (secondary N) is 2. The third-order valence-corrected chi connectivity index (χ3v) is 15.9. The Morgan fingerprint density at radius 1 is 0.929 bits per heavy atom. The highest BCUT2D eigenvalue weighted by atomic mass is 19.1. The van der Waals surface area contributed by atoms with Gasteiger partial charge < -0.3 is 14.8 Å². The van der Waals surface area contributed by atoms with Gasteiger partial charge in [0.25, 0.3) is 5.91 Å². The van der Waals surface area contributed by atoms with Gasteiger partial charge in [-0.1, -0.05) is 12.1 Å². The second-order valence-corrected chi connectivity index (χ2v) is 20.2. The van der Waals surface area contributed by atoms with Gasteiger partial charge in [0.05, 0.1) is 19.2 Å². The zero-order chi connectivity index (χ0) is 48.8. The van der Waals surface area contributed by atoms with E-state index in [-0.39, 0.29) is 36.3 Å². The first kappa shape index (κ1) is 47.3. The molecule has 0 bridgehead atoms. The van der Waals surface area contributed by atoms with Crippen molar-refractivity contribution >= 4 is 58.2 Å². The summed E-state index contributed by atoms with van der Waals surface area (Å²) in [7, 11) is 5.65. The van der Waals surface area contributed by atoms with E-state index in [2.05, 4.69) is 86.1 Å². The van der Waals surface area contributed by atoms with E-state index in [1.54, 1.807) is 13.1 Å². The molecule has 0 radical (unpaired) electrons. The van der Waals surface area contributed by atoms with E-state index >= 15 is 4.39 Å². The number of aryl methyl sites for hydroxylation is 1. The number of pyridine rings is 2. The van der Waals surface area contributed by atoms with Crippen molar-refractivity contribution in [2.24, 2.45) is 18.9 Å². The first-order chi connectivity index (χ1) is 33.8. The lowest BCUT2D eigenvalue weighted by Crippen LogP contribution is -2.53. The molecule has 70 heavy (non-hydrogen) atoms. The SMILES string of the molecule is CNc1ccc(-c2ccnc3c2cc([C@H](C)N2CCC(c4ccc(C(=O)N5CCC(CN6CCN(Cc7cc8c(cc7F)/[N+](=C/C7CCC(=O)NC7=O)C(=O)N8C)C[C@@H]6C)CC5)cc4)CC2)n3C)cn1. The van der Waals surface area contributed by atoms with E-state index in [0.717, 1.165) is 112 Å². The number of hydrogen-bond donors (Lipinski definition) is 2. The molecule has 4 saturated heterocycles. The van der Waals surface area contributed by atoms with Crippen molar-refractivity contribution in [3.8, 4) is 11.1 Å². The van der Waals surface area contributed by atoms with Crippen LogP contribution in [0.2, 0.25) is 0 Å². The number of amides is 5. The Bertz CT molecular complexity index is 2830. The van der Waals surface area contributed by atoms with E-state index in [1.165, 1.54) is 33.0 Å². The number of aromatic nitrogens is 3. The summed E-state index contributed by atoms with van der Waals surface area (Å²) in [5.74, 6) is 0.0964. The van der Waals surface area contributed by atoms with Gasteiger partial charge in [0.1, 0.15) is 17.3 Å². The fourth-order valence-electron chi connectivity index (χ4n) is 11.6. The Hall–Kier alpha value is -6.36. The van der Waals surface area contributed by atoms with Gasteiger partial charge in [-0.3, -0.25) is 34.4 Å². The van der Waals surface area contributed by atoms with Crippen LogP contribution < -0.4 is 15.5 Å². The molecule has 366 valence electrons. The highest BCUT2D eigenvalue weighted by Crippen LogP contribution is 2.39. The summed E-state index contributed by atoms with van der Waals surface area (Å²) in [4.78, 5) is 71.2. The van der Waals surface area contributed by atoms with Crippen molar-refractivity contribution in [1.82, 2.24) is 39.5 Å². The zero-order valence-electron chi connectivity index (χ0n) is 41.0. The largest absolute Gasteiger partial charge is 0.503 e. The number of piperidine rings is 3. The smallest absolute Gasteiger partial charge is 0.373 e. The molecule has 5 aliphatic rings. The molecule has 2 aromatic carbocycles. The van der Waals surface area contributed by atoms with Gasteiger partial charge in [-0.05, 0) is 124 Å². The molecule has 5 aromatic rings. The van der Waals surface area contributed by atoms with E-state index in [0.29, 0.717) is 41.7 Å². The number of hydrogen-bond acceptors (Lipinski definition) is 10. The number of imide groups is 1. The second kappa shape index (κ2) is 19.8. The molecular formula is C54H65FN11O4+. The highest BCUT2D eigenvalue weighted by molar-refractivity contribution is 6.06. The van der Waals surface area contributed by atoms with Crippen LogP contribution in [0.3, 0.4) is 0 Å². The number of carbonyl (C=O) groups excluding carboxylic acids is 4. The number of piperazine rings is 1. The van der Waals surface area contributed by atoms with Crippen molar-refractivity contribution in [2.75, 3.05) is 76.7 Å². The maximum atomic E-state index is 15.7. The van der Waals surface area contributed by atoms with Crippen LogP contribution in [-0.2, 0) is 23.2 Å². The summed E-state index contributed by atoms with van der Waals surface area (Å²) >= 11 is 0. The maximum absolute atomic E-state index is 15.7. The summed E-state index contributed by atoms with van der Waals surface area (Å²) in [6, 6.07) is 20.2. The third-order valence-electron chi connectivity index (χ3n) is 15.9. The number of anilines is 2. The predicted octanol–water partition coefficient (Wildman–Crippen LogP) is 7.15. The Balaban J connectivity index is 0.679. The number of nitrogens with zero attached hydrogens (tertiary/aromatic N) is 9. The molecule has 3 atom stereocenters. The molecule has 8 heterocycles. The molecule has 10 rings (SSSR count). The summed E-state index contributed by atoms with van der Waals surface area (Å²) < 4.78 is 19.3. The molecular weight excluding hydrogens is 886 g/mol. The number of fused-ring (bicyclic) bond motifs is 2. The van der Waals surface area contributed by atoms with E-state index in [1.807, 2.05) is 42.5 Å². The van der Waals surface area contributed by atoms with Crippen LogP contribution in [-0.4, -0.2) is 141 Å². The molecule has 5 aliphatic heterocycles. The summed E-state index contributed by atoms with van der Waals surface area (Å²) in [5.41, 5.74) is 8.02. The second-order valence-electron chi connectivity index (χ2n) is 20.2. The van der Waals surface area contributed by atoms with Gasteiger partial charge >= 0.3 is 6.03 Å². The first-order valence-electron chi connectivity index (χ1n) is 25.1. The van der Waals surface area contributed by atoms with E-state index in [4.69, 9.17) is 4.98 Å². The average molecular weight is 951 g/mol. The highest BCUT2D eigenvalue weighted by Gasteiger charge is 2.42. The minimum absolute atomic E-state index is 0.115.